The maximum Gasteiger partial charge on any atom is 0.149 e. The Bertz CT molecular complexity index is 546. The summed E-state index contributed by atoms with van der Waals surface area (Å²) in [7, 11) is 0. The van der Waals surface area contributed by atoms with E-state index in [1.165, 1.54) is 12.3 Å². The highest BCUT2D eigenvalue weighted by molar-refractivity contribution is 6.42. The second kappa shape index (κ2) is 4.23. The molecule has 0 spiro atoms. The van der Waals surface area contributed by atoms with Crippen molar-refractivity contribution in [3.05, 3.63) is 40.5 Å². The van der Waals surface area contributed by atoms with Crippen LogP contribution in [0.25, 0.3) is 11.1 Å². The molecule has 2 N–H and O–H groups in total. The number of anilines is 1. The SMILES string of the molecule is Nc1cc(-c2ccnc(Cl)c2Cl)c(F)cn1. The van der Waals surface area contributed by atoms with Gasteiger partial charge >= 0.3 is 0 Å². The first kappa shape index (κ1) is 11.1. The molecule has 0 aliphatic heterocycles. The number of pyridine rings is 2. The Labute approximate surface area is 101 Å². The Morgan fingerprint density at radius 1 is 1.19 bits per heavy atom. The lowest BCUT2D eigenvalue weighted by molar-refractivity contribution is 0.625. The summed E-state index contributed by atoms with van der Waals surface area (Å²) < 4.78 is 13.5. The maximum absolute atomic E-state index is 13.5. The zero-order valence-corrected chi connectivity index (χ0v) is 9.43. The molecule has 3 nitrogen and oxygen atoms in total. The molecule has 0 amide bonds. The van der Waals surface area contributed by atoms with Gasteiger partial charge in [0.1, 0.15) is 16.8 Å². The molecule has 6 heteroatoms. The van der Waals surface area contributed by atoms with Crippen LogP contribution in [0, 0.1) is 5.82 Å². The molecule has 0 aromatic carbocycles. The summed E-state index contributed by atoms with van der Waals surface area (Å²) in [6.07, 6.45) is 2.48. The van der Waals surface area contributed by atoms with Gasteiger partial charge in [-0.3, -0.25) is 0 Å². The topological polar surface area (TPSA) is 51.8 Å². The van der Waals surface area contributed by atoms with Crippen molar-refractivity contribution in [2.75, 3.05) is 5.73 Å². The molecular weight excluding hydrogens is 252 g/mol. The lowest BCUT2D eigenvalue weighted by Crippen LogP contribution is -1.94. The maximum atomic E-state index is 13.5. The Hall–Kier alpha value is -1.39. The van der Waals surface area contributed by atoms with E-state index in [4.69, 9.17) is 28.9 Å². The molecule has 2 aromatic rings. The molecule has 0 unspecified atom stereocenters. The van der Waals surface area contributed by atoms with Crippen LogP contribution in [-0.4, -0.2) is 9.97 Å². The Kier molecular flexibility index (Phi) is 2.94. The van der Waals surface area contributed by atoms with Crippen molar-refractivity contribution < 1.29 is 4.39 Å². The standard InChI is InChI=1S/C10H6Cl2FN3/c11-9-5(1-2-15-10(9)12)6-3-8(14)16-4-7(6)13/h1-4H,(H2,14,16). The number of hydrogen-bond donors (Lipinski definition) is 1. The summed E-state index contributed by atoms with van der Waals surface area (Å²) >= 11 is 11.7. The quantitative estimate of drug-likeness (QED) is 0.799. The van der Waals surface area contributed by atoms with Gasteiger partial charge in [0.2, 0.25) is 0 Å². The van der Waals surface area contributed by atoms with Crippen molar-refractivity contribution in [3.8, 4) is 11.1 Å². The fraction of sp³-hybridized carbons (Fsp3) is 0. The van der Waals surface area contributed by atoms with E-state index in [-0.39, 0.29) is 21.6 Å². The van der Waals surface area contributed by atoms with Crippen LogP contribution in [0.15, 0.2) is 24.5 Å². The molecule has 0 radical (unpaired) electrons. The summed E-state index contributed by atoms with van der Waals surface area (Å²) in [5, 5.41) is 0.308. The zero-order valence-electron chi connectivity index (χ0n) is 7.92. The monoisotopic (exact) mass is 257 g/mol. The van der Waals surface area contributed by atoms with Crippen LogP contribution in [0.3, 0.4) is 0 Å². The van der Waals surface area contributed by atoms with E-state index in [0.717, 1.165) is 6.20 Å². The van der Waals surface area contributed by atoms with E-state index in [1.54, 1.807) is 6.07 Å². The van der Waals surface area contributed by atoms with Crippen molar-refractivity contribution in [2.45, 2.75) is 0 Å². The van der Waals surface area contributed by atoms with Crippen LogP contribution in [-0.2, 0) is 0 Å². The fourth-order valence-electron chi connectivity index (χ4n) is 1.29. The first-order valence-corrected chi connectivity index (χ1v) is 5.06. The van der Waals surface area contributed by atoms with Crippen LogP contribution in [0.5, 0.6) is 0 Å². The third-order valence-electron chi connectivity index (χ3n) is 2.01. The van der Waals surface area contributed by atoms with Gasteiger partial charge in [-0.15, -0.1) is 0 Å². The van der Waals surface area contributed by atoms with Crippen molar-refractivity contribution >= 4 is 29.0 Å². The summed E-state index contributed by atoms with van der Waals surface area (Å²) in [5.41, 5.74) is 6.17. The highest BCUT2D eigenvalue weighted by atomic mass is 35.5. The summed E-state index contributed by atoms with van der Waals surface area (Å²) in [4.78, 5) is 7.41. The van der Waals surface area contributed by atoms with Crippen LogP contribution in [0.1, 0.15) is 0 Å². The van der Waals surface area contributed by atoms with E-state index in [9.17, 15) is 4.39 Å². The molecule has 0 aliphatic rings. The number of nitrogens with two attached hydrogens (primary N) is 1. The van der Waals surface area contributed by atoms with Crippen LogP contribution >= 0.6 is 23.2 Å². The van der Waals surface area contributed by atoms with Gasteiger partial charge in [0.25, 0.3) is 0 Å². The van der Waals surface area contributed by atoms with Gasteiger partial charge in [0, 0.05) is 17.3 Å². The van der Waals surface area contributed by atoms with Gasteiger partial charge in [0.15, 0.2) is 0 Å². The number of rotatable bonds is 1. The van der Waals surface area contributed by atoms with E-state index >= 15 is 0 Å². The van der Waals surface area contributed by atoms with Gasteiger partial charge in [0.05, 0.1) is 11.2 Å². The Morgan fingerprint density at radius 2 is 1.94 bits per heavy atom. The largest absolute Gasteiger partial charge is 0.384 e. The summed E-state index contributed by atoms with van der Waals surface area (Å²) in [6.45, 7) is 0. The second-order valence-electron chi connectivity index (χ2n) is 3.05. The number of aromatic nitrogens is 2. The van der Waals surface area contributed by atoms with Gasteiger partial charge in [-0.05, 0) is 12.1 Å². The number of halogens is 3. The van der Waals surface area contributed by atoms with Gasteiger partial charge in [-0.2, -0.15) is 0 Å². The number of hydrogen-bond acceptors (Lipinski definition) is 3. The lowest BCUT2D eigenvalue weighted by Gasteiger charge is -2.06. The van der Waals surface area contributed by atoms with E-state index < -0.39 is 5.82 Å². The van der Waals surface area contributed by atoms with Gasteiger partial charge in [-0.25, -0.2) is 14.4 Å². The molecule has 0 aliphatic carbocycles. The minimum absolute atomic E-state index is 0.119. The first-order chi connectivity index (χ1) is 7.59. The number of nitrogen functional groups attached to an aromatic ring is 1. The highest BCUT2D eigenvalue weighted by Gasteiger charge is 2.12. The molecule has 82 valence electrons. The van der Waals surface area contributed by atoms with Gasteiger partial charge < -0.3 is 5.73 Å². The Balaban J connectivity index is 2.67. The molecule has 0 saturated carbocycles. The van der Waals surface area contributed by atoms with Gasteiger partial charge in [-0.1, -0.05) is 23.2 Å². The van der Waals surface area contributed by atoms with Crippen LogP contribution < -0.4 is 5.73 Å². The molecule has 0 fully saturated rings. The van der Waals surface area contributed by atoms with Crippen molar-refractivity contribution in [3.63, 3.8) is 0 Å². The van der Waals surface area contributed by atoms with Crippen LogP contribution in [0.4, 0.5) is 10.2 Å². The van der Waals surface area contributed by atoms with E-state index in [1.807, 2.05) is 0 Å². The molecule has 2 rings (SSSR count). The lowest BCUT2D eigenvalue weighted by atomic mass is 10.1. The fourth-order valence-corrected chi connectivity index (χ4v) is 1.66. The predicted molar refractivity (Wildman–Crippen MR) is 61.9 cm³/mol. The Morgan fingerprint density at radius 3 is 2.69 bits per heavy atom. The molecular formula is C10H6Cl2FN3. The number of nitrogens with zero attached hydrogens (tertiary/aromatic N) is 2. The average molecular weight is 258 g/mol. The highest BCUT2D eigenvalue weighted by Crippen LogP contribution is 2.33. The molecule has 2 aromatic heterocycles. The molecule has 0 saturated heterocycles. The van der Waals surface area contributed by atoms with E-state index in [0.29, 0.717) is 5.56 Å². The van der Waals surface area contributed by atoms with Crippen molar-refractivity contribution in [1.29, 1.82) is 0 Å². The minimum atomic E-state index is -0.515. The summed E-state index contributed by atoms with van der Waals surface area (Å²) in [6, 6.07) is 2.96. The normalized spacial score (nSPS) is 10.4. The smallest absolute Gasteiger partial charge is 0.149 e. The molecule has 16 heavy (non-hydrogen) atoms. The van der Waals surface area contributed by atoms with Crippen molar-refractivity contribution in [2.24, 2.45) is 0 Å². The molecule has 2 heterocycles. The van der Waals surface area contributed by atoms with Crippen molar-refractivity contribution in [1.82, 2.24) is 9.97 Å². The average Bonchev–Trinajstić information content (AvgIpc) is 2.26. The van der Waals surface area contributed by atoms with E-state index in [2.05, 4.69) is 9.97 Å². The zero-order chi connectivity index (χ0) is 11.7. The third kappa shape index (κ3) is 1.94. The first-order valence-electron chi connectivity index (χ1n) is 4.31. The second-order valence-corrected chi connectivity index (χ2v) is 3.79. The predicted octanol–water partition coefficient (Wildman–Crippen LogP) is 3.17. The molecule has 0 bridgehead atoms. The summed E-state index contributed by atoms with van der Waals surface area (Å²) in [5.74, 6) is -0.307. The third-order valence-corrected chi connectivity index (χ3v) is 2.78. The minimum Gasteiger partial charge on any atom is -0.384 e. The van der Waals surface area contributed by atoms with Crippen LogP contribution in [0.2, 0.25) is 10.2 Å². The molecule has 0 atom stereocenters.